The number of nitrogens with zero attached hydrogens (tertiary/aromatic N) is 2. The summed E-state index contributed by atoms with van der Waals surface area (Å²) in [5.41, 5.74) is 3.36. The molecule has 0 aromatic carbocycles. The molecule has 2 rings (SSSR count). The van der Waals surface area contributed by atoms with E-state index in [9.17, 15) is 0 Å². The van der Waals surface area contributed by atoms with Crippen LogP contribution < -0.4 is 0 Å². The van der Waals surface area contributed by atoms with Crippen molar-refractivity contribution >= 4 is 27.7 Å². The molecule has 0 fully saturated rings. The quantitative estimate of drug-likeness (QED) is 0.856. The minimum absolute atomic E-state index is 0.000299. The van der Waals surface area contributed by atoms with Gasteiger partial charge in [0.05, 0.1) is 18.3 Å². The highest BCUT2D eigenvalue weighted by Crippen LogP contribution is 2.27. The molecule has 1 aromatic rings. The maximum Gasteiger partial charge on any atom is 0.0974 e. The second-order valence-corrected chi connectivity index (χ2v) is 4.80. The fourth-order valence-corrected chi connectivity index (χ4v) is 2.43. The lowest BCUT2D eigenvalue weighted by atomic mass is 10.0. The molecule has 0 aliphatic carbocycles. The second kappa shape index (κ2) is 5.56. The Labute approximate surface area is 110 Å². The highest BCUT2D eigenvalue weighted by Gasteiger charge is 2.12. The lowest BCUT2D eigenvalue weighted by Crippen LogP contribution is -2.02. The molecular formula is C13H15BrN2O. The van der Waals surface area contributed by atoms with Crippen molar-refractivity contribution in [1.82, 2.24) is 4.98 Å². The number of aliphatic imine (C=N–C) groups is 1. The van der Waals surface area contributed by atoms with Gasteiger partial charge in [0.1, 0.15) is 0 Å². The van der Waals surface area contributed by atoms with Gasteiger partial charge in [-0.25, -0.2) is 0 Å². The number of aromatic nitrogens is 1. The van der Waals surface area contributed by atoms with E-state index in [2.05, 4.69) is 38.0 Å². The van der Waals surface area contributed by atoms with Gasteiger partial charge in [0.25, 0.3) is 0 Å². The van der Waals surface area contributed by atoms with E-state index < -0.39 is 0 Å². The van der Waals surface area contributed by atoms with Crippen LogP contribution in [0.2, 0.25) is 0 Å². The van der Waals surface area contributed by atoms with E-state index in [4.69, 9.17) is 4.74 Å². The normalized spacial score (nSPS) is 16.8. The third-order valence-corrected chi connectivity index (χ3v) is 3.50. The summed E-state index contributed by atoms with van der Waals surface area (Å²) in [6.45, 7) is 2.75. The van der Waals surface area contributed by atoms with Crippen molar-refractivity contribution in [2.45, 2.75) is 19.4 Å². The number of dihydropyridines is 1. The van der Waals surface area contributed by atoms with Crippen LogP contribution in [-0.4, -0.2) is 24.9 Å². The lowest BCUT2D eigenvalue weighted by Gasteiger charge is -2.13. The molecule has 0 saturated carbocycles. The molecule has 90 valence electrons. The third-order valence-electron chi connectivity index (χ3n) is 2.86. The van der Waals surface area contributed by atoms with Gasteiger partial charge < -0.3 is 4.74 Å². The van der Waals surface area contributed by atoms with Crippen molar-refractivity contribution in [1.29, 1.82) is 0 Å². The number of ether oxygens (including phenoxy) is 1. The Kier molecular flexibility index (Phi) is 4.07. The number of pyridine rings is 1. The van der Waals surface area contributed by atoms with Gasteiger partial charge in [-0.3, -0.25) is 9.98 Å². The summed E-state index contributed by atoms with van der Waals surface area (Å²) < 4.78 is 6.27. The Morgan fingerprint density at radius 3 is 2.88 bits per heavy atom. The molecule has 0 spiro atoms. The summed E-state index contributed by atoms with van der Waals surface area (Å²) >= 11 is 3.55. The van der Waals surface area contributed by atoms with Crippen molar-refractivity contribution in [2.75, 3.05) is 13.7 Å². The summed E-state index contributed by atoms with van der Waals surface area (Å²) in [7, 11) is 1.69. The first-order chi connectivity index (χ1) is 8.22. The first-order valence-corrected chi connectivity index (χ1v) is 6.37. The lowest BCUT2D eigenvalue weighted by molar-refractivity contribution is 0.115. The maximum atomic E-state index is 5.27. The van der Waals surface area contributed by atoms with Gasteiger partial charge in [0.2, 0.25) is 0 Å². The molecule has 1 aromatic heterocycles. The summed E-state index contributed by atoms with van der Waals surface area (Å²) in [5.74, 6) is 0. The van der Waals surface area contributed by atoms with Gasteiger partial charge in [-0.15, -0.1) is 0 Å². The Balaban J connectivity index is 2.27. The number of halogens is 1. The zero-order valence-electron chi connectivity index (χ0n) is 9.98. The van der Waals surface area contributed by atoms with Crippen LogP contribution in [0, 0.1) is 0 Å². The minimum atomic E-state index is 0.000299. The van der Waals surface area contributed by atoms with Crippen LogP contribution in [0.5, 0.6) is 0 Å². The molecule has 4 heteroatoms. The summed E-state index contributed by atoms with van der Waals surface area (Å²) in [5, 5.41) is 0. The molecular weight excluding hydrogens is 280 g/mol. The number of rotatable bonds is 3. The molecule has 0 amide bonds. The van der Waals surface area contributed by atoms with Crippen LogP contribution >= 0.6 is 15.9 Å². The number of hydrogen-bond acceptors (Lipinski definition) is 3. The van der Waals surface area contributed by atoms with Crippen LogP contribution in [0.3, 0.4) is 0 Å². The predicted octanol–water partition coefficient (Wildman–Crippen LogP) is 3.41. The van der Waals surface area contributed by atoms with Crippen LogP contribution in [-0.2, 0) is 4.74 Å². The molecule has 1 atom stereocenters. The summed E-state index contributed by atoms with van der Waals surface area (Å²) in [4.78, 5) is 8.65. The molecule has 0 bridgehead atoms. The van der Waals surface area contributed by atoms with Gasteiger partial charge in [-0.1, -0.05) is 6.08 Å². The molecule has 0 radical (unpaired) electrons. The van der Waals surface area contributed by atoms with E-state index in [0.717, 1.165) is 28.7 Å². The molecule has 1 aliphatic heterocycles. The predicted molar refractivity (Wildman–Crippen MR) is 73.3 cm³/mol. The van der Waals surface area contributed by atoms with E-state index in [-0.39, 0.29) is 6.10 Å². The monoisotopic (exact) mass is 294 g/mol. The number of allylic oxidation sites excluding steroid dienone is 1. The zero-order chi connectivity index (χ0) is 12.3. The molecule has 0 saturated heterocycles. The van der Waals surface area contributed by atoms with E-state index in [0.29, 0.717) is 0 Å². The van der Waals surface area contributed by atoms with Gasteiger partial charge >= 0.3 is 0 Å². The molecule has 0 N–H and O–H groups in total. The Hall–Kier alpha value is -1.00. The van der Waals surface area contributed by atoms with Gasteiger partial charge in [0.15, 0.2) is 0 Å². The zero-order valence-corrected chi connectivity index (χ0v) is 11.6. The van der Waals surface area contributed by atoms with Gasteiger partial charge in [-0.05, 0) is 40.1 Å². The smallest absolute Gasteiger partial charge is 0.0974 e. The van der Waals surface area contributed by atoms with Crippen molar-refractivity contribution in [3.05, 3.63) is 34.1 Å². The van der Waals surface area contributed by atoms with Crippen LogP contribution in [0.15, 0.2) is 27.8 Å². The highest BCUT2D eigenvalue weighted by molar-refractivity contribution is 9.10. The van der Waals surface area contributed by atoms with Crippen LogP contribution in [0.4, 0.5) is 0 Å². The Morgan fingerprint density at radius 1 is 1.47 bits per heavy atom. The van der Waals surface area contributed by atoms with Crippen molar-refractivity contribution in [3.8, 4) is 0 Å². The van der Waals surface area contributed by atoms with Crippen molar-refractivity contribution < 1.29 is 4.74 Å². The maximum absolute atomic E-state index is 5.27. The second-order valence-electron chi connectivity index (χ2n) is 3.95. The Morgan fingerprint density at radius 2 is 2.29 bits per heavy atom. The molecule has 3 nitrogen and oxygen atoms in total. The van der Waals surface area contributed by atoms with E-state index in [1.807, 2.05) is 19.3 Å². The van der Waals surface area contributed by atoms with Crippen LogP contribution in [0.25, 0.3) is 5.57 Å². The molecule has 2 heterocycles. The van der Waals surface area contributed by atoms with E-state index >= 15 is 0 Å². The fourth-order valence-electron chi connectivity index (χ4n) is 1.75. The number of hydrogen-bond donors (Lipinski definition) is 0. The van der Waals surface area contributed by atoms with E-state index in [1.54, 1.807) is 7.11 Å². The first-order valence-electron chi connectivity index (χ1n) is 5.58. The SMILES string of the molecule is COC(C)c1ncc(C2=CCN=CC2)cc1Br. The summed E-state index contributed by atoms with van der Waals surface area (Å²) in [6, 6.07) is 2.10. The van der Waals surface area contributed by atoms with Gasteiger partial charge in [0, 0.05) is 30.4 Å². The van der Waals surface area contributed by atoms with Gasteiger partial charge in [-0.2, -0.15) is 0 Å². The minimum Gasteiger partial charge on any atom is -0.375 e. The van der Waals surface area contributed by atoms with Crippen LogP contribution in [0.1, 0.15) is 30.7 Å². The van der Waals surface area contributed by atoms with Crippen molar-refractivity contribution in [3.63, 3.8) is 0 Å². The largest absolute Gasteiger partial charge is 0.375 e. The number of methoxy groups -OCH3 is 1. The average Bonchev–Trinajstić information content (AvgIpc) is 2.39. The standard InChI is InChI=1S/C13H15BrN2O/c1-9(17-2)13-12(14)7-11(8-16-13)10-3-5-15-6-4-10/h3,6-9H,4-5H2,1-2H3. The molecule has 1 unspecified atom stereocenters. The third kappa shape index (κ3) is 2.82. The fraction of sp³-hybridized carbons (Fsp3) is 0.385. The molecule has 1 aliphatic rings. The van der Waals surface area contributed by atoms with E-state index in [1.165, 1.54) is 5.57 Å². The topological polar surface area (TPSA) is 34.5 Å². The first kappa shape index (κ1) is 12.5. The van der Waals surface area contributed by atoms with Crippen molar-refractivity contribution in [2.24, 2.45) is 4.99 Å². The molecule has 17 heavy (non-hydrogen) atoms. The average molecular weight is 295 g/mol. The summed E-state index contributed by atoms with van der Waals surface area (Å²) in [6.07, 6.45) is 6.88. The Bertz CT molecular complexity index is 468. The highest BCUT2D eigenvalue weighted by atomic mass is 79.9.